The van der Waals surface area contributed by atoms with Crippen molar-refractivity contribution in [3.05, 3.63) is 0 Å². The second kappa shape index (κ2) is 8.64. The summed E-state index contributed by atoms with van der Waals surface area (Å²) in [5, 5.41) is 6.04. The van der Waals surface area contributed by atoms with Crippen molar-refractivity contribution in [2.45, 2.75) is 55.7 Å². The molecule has 142 valence electrons. The number of alkyl halides is 1. The first-order chi connectivity index (χ1) is 12.1. The number of nitrogens with one attached hydrogen (secondary N) is 4. The van der Waals surface area contributed by atoms with Gasteiger partial charge in [-0.25, -0.2) is 10.9 Å². The first-order valence-electron chi connectivity index (χ1n) is 9.08. The molecule has 3 rings (SSSR count). The molecule has 2 aliphatic heterocycles. The molecule has 0 spiro atoms. The average Bonchev–Trinajstić information content (AvgIpc) is 3.17. The molecule has 2 saturated heterocycles. The molecule has 0 aromatic heterocycles. The molecule has 1 saturated carbocycles. The summed E-state index contributed by atoms with van der Waals surface area (Å²) >= 11 is 6.40. The van der Waals surface area contributed by atoms with E-state index >= 15 is 0 Å². The normalized spacial score (nSPS) is 36.8. The Morgan fingerprint density at radius 3 is 2.68 bits per heavy atom. The van der Waals surface area contributed by atoms with E-state index in [-0.39, 0.29) is 41.4 Å². The van der Waals surface area contributed by atoms with E-state index in [9.17, 15) is 9.59 Å². The van der Waals surface area contributed by atoms with Crippen LogP contribution in [0.25, 0.3) is 0 Å². The lowest BCUT2D eigenvalue weighted by Gasteiger charge is -2.38. The number of carbonyl (C=O) groups is 2. The van der Waals surface area contributed by atoms with Gasteiger partial charge in [0.05, 0.1) is 30.6 Å². The van der Waals surface area contributed by atoms with E-state index in [0.717, 1.165) is 45.4 Å². The van der Waals surface area contributed by atoms with E-state index in [4.69, 9.17) is 16.3 Å². The Kier molecular flexibility index (Phi) is 6.51. The number of hydrogen-bond acceptors (Lipinski definition) is 7. The number of ether oxygens (including phenoxy) is 1. The van der Waals surface area contributed by atoms with E-state index in [0.29, 0.717) is 6.42 Å². The molecule has 5 atom stereocenters. The number of esters is 1. The lowest BCUT2D eigenvalue weighted by Crippen LogP contribution is -2.63. The van der Waals surface area contributed by atoms with E-state index < -0.39 is 0 Å². The zero-order valence-electron chi connectivity index (χ0n) is 14.6. The van der Waals surface area contributed by atoms with Crippen molar-refractivity contribution in [2.24, 2.45) is 5.92 Å². The summed E-state index contributed by atoms with van der Waals surface area (Å²) in [5.74, 6) is -0.783. The molecule has 0 aromatic carbocycles. The second-order valence-corrected chi connectivity index (χ2v) is 7.58. The zero-order chi connectivity index (χ0) is 17.8. The van der Waals surface area contributed by atoms with Crippen molar-refractivity contribution in [1.82, 2.24) is 26.4 Å². The van der Waals surface area contributed by atoms with Gasteiger partial charge in [-0.15, -0.1) is 11.6 Å². The maximum atomic E-state index is 12.6. The van der Waals surface area contributed by atoms with Crippen LogP contribution in [0.2, 0.25) is 0 Å². The molecule has 25 heavy (non-hydrogen) atoms. The smallest absolute Gasteiger partial charge is 0.310 e. The van der Waals surface area contributed by atoms with Gasteiger partial charge in [-0.05, 0) is 25.7 Å². The van der Waals surface area contributed by atoms with Gasteiger partial charge in [0.25, 0.3) is 0 Å². The summed E-state index contributed by atoms with van der Waals surface area (Å²) < 4.78 is 4.88. The third-order valence-electron chi connectivity index (χ3n) is 5.43. The molecule has 0 bridgehead atoms. The van der Waals surface area contributed by atoms with Gasteiger partial charge in [0.1, 0.15) is 6.04 Å². The average molecular weight is 374 g/mol. The summed E-state index contributed by atoms with van der Waals surface area (Å²) in [6.07, 6.45) is 4.22. The minimum Gasteiger partial charge on any atom is -0.469 e. The number of halogens is 1. The summed E-state index contributed by atoms with van der Waals surface area (Å²) in [4.78, 5) is 27.0. The van der Waals surface area contributed by atoms with Gasteiger partial charge in [0, 0.05) is 19.8 Å². The minimum atomic E-state index is -0.377. The number of hydrazine groups is 1. The summed E-state index contributed by atoms with van der Waals surface area (Å²) in [5.41, 5.74) is 6.35. The zero-order valence-corrected chi connectivity index (χ0v) is 15.3. The fourth-order valence-corrected chi connectivity index (χ4v) is 4.34. The highest BCUT2D eigenvalue weighted by Gasteiger charge is 2.40. The Labute approximate surface area is 153 Å². The van der Waals surface area contributed by atoms with Crippen molar-refractivity contribution < 1.29 is 14.3 Å². The quantitative estimate of drug-likeness (QED) is 0.390. The number of rotatable bonds is 4. The first-order valence-corrected chi connectivity index (χ1v) is 9.52. The van der Waals surface area contributed by atoms with Gasteiger partial charge >= 0.3 is 5.97 Å². The molecule has 8 nitrogen and oxygen atoms in total. The highest BCUT2D eigenvalue weighted by atomic mass is 35.5. The Balaban J connectivity index is 1.53. The van der Waals surface area contributed by atoms with Crippen molar-refractivity contribution >= 4 is 23.5 Å². The fraction of sp³-hybridized carbons (Fsp3) is 0.875. The monoisotopic (exact) mass is 373 g/mol. The lowest BCUT2D eigenvalue weighted by molar-refractivity contribution is -0.147. The summed E-state index contributed by atoms with van der Waals surface area (Å²) in [6, 6.07) is -0.700. The van der Waals surface area contributed by atoms with E-state index in [1.165, 1.54) is 7.11 Å². The van der Waals surface area contributed by atoms with Crippen molar-refractivity contribution in [1.29, 1.82) is 0 Å². The molecule has 9 heteroatoms. The maximum absolute atomic E-state index is 12.6. The molecular formula is C16H28ClN5O3. The molecule has 0 radical (unpaired) electrons. The summed E-state index contributed by atoms with van der Waals surface area (Å²) in [7, 11) is 1.37. The number of methoxy groups -OCH3 is 1. The highest BCUT2D eigenvalue weighted by Crippen LogP contribution is 2.29. The van der Waals surface area contributed by atoms with Crippen molar-refractivity contribution in [3.8, 4) is 0 Å². The molecule has 3 fully saturated rings. The Bertz CT molecular complexity index is 480. The standard InChI is InChI=1S/C16H28ClN5O3/c1-25-16(24)10-3-2-4-11(17)14(10)19-15(23)12-5-6-13(21-20-12)22-8-7-18-9-22/h10-14,18,20-21H,2-9H2,1H3,(H,19,23). The SMILES string of the molecule is COC(=O)C1CCCC(Cl)C1NC(=O)C1CCC(N2CCNC2)NN1. The van der Waals surface area contributed by atoms with Crippen LogP contribution in [0.15, 0.2) is 0 Å². The van der Waals surface area contributed by atoms with E-state index in [2.05, 4.69) is 26.4 Å². The van der Waals surface area contributed by atoms with Gasteiger partial charge in [-0.3, -0.25) is 14.5 Å². The molecule has 1 aliphatic carbocycles. The van der Waals surface area contributed by atoms with Crippen LogP contribution >= 0.6 is 11.6 Å². The lowest BCUT2D eigenvalue weighted by atomic mass is 9.84. The second-order valence-electron chi connectivity index (χ2n) is 7.02. The highest BCUT2D eigenvalue weighted by molar-refractivity contribution is 6.21. The molecule has 1 amide bonds. The Morgan fingerprint density at radius 1 is 1.20 bits per heavy atom. The van der Waals surface area contributed by atoms with E-state index in [1.807, 2.05) is 0 Å². The minimum absolute atomic E-state index is 0.114. The van der Waals surface area contributed by atoms with Gasteiger partial charge in [0.15, 0.2) is 0 Å². The number of nitrogens with zero attached hydrogens (tertiary/aromatic N) is 1. The van der Waals surface area contributed by atoms with Gasteiger partial charge in [-0.2, -0.15) is 0 Å². The van der Waals surface area contributed by atoms with Crippen LogP contribution in [0, 0.1) is 5.92 Å². The third-order valence-corrected chi connectivity index (χ3v) is 5.92. The molecule has 0 aromatic rings. The molecule has 3 aliphatic rings. The van der Waals surface area contributed by atoms with Crippen LogP contribution in [0.3, 0.4) is 0 Å². The predicted octanol–water partition coefficient (Wildman–Crippen LogP) is -0.503. The van der Waals surface area contributed by atoms with Crippen molar-refractivity contribution in [3.63, 3.8) is 0 Å². The van der Waals surface area contributed by atoms with Crippen LogP contribution in [0.5, 0.6) is 0 Å². The maximum Gasteiger partial charge on any atom is 0.310 e. The number of amides is 1. The molecule has 5 unspecified atom stereocenters. The third kappa shape index (κ3) is 4.43. The molecular weight excluding hydrogens is 346 g/mol. The van der Waals surface area contributed by atoms with Crippen LogP contribution in [-0.4, -0.2) is 67.3 Å². The topological polar surface area (TPSA) is 94.7 Å². The summed E-state index contributed by atoms with van der Waals surface area (Å²) in [6.45, 7) is 2.87. The Morgan fingerprint density at radius 2 is 2.04 bits per heavy atom. The van der Waals surface area contributed by atoms with Crippen LogP contribution in [0.4, 0.5) is 0 Å². The van der Waals surface area contributed by atoms with Crippen LogP contribution < -0.4 is 21.5 Å². The number of carbonyl (C=O) groups excluding carboxylic acids is 2. The first kappa shape index (κ1) is 18.8. The van der Waals surface area contributed by atoms with Crippen molar-refractivity contribution in [2.75, 3.05) is 26.9 Å². The van der Waals surface area contributed by atoms with Crippen LogP contribution in [0.1, 0.15) is 32.1 Å². The van der Waals surface area contributed by atoms with Gasteiger partial charge < -0.3 is 15.4 Å². The molecule has 2 heterocycles. The predicted molar refractivity (Wildman–Crippen MR) is 93.6 cm³/mol. The van der Waals surface area contributed by atoms with Gasteiger partial charge in [-0.1, -0.05) is 6.42 Å². The number of hydrogen-bond donors (Lipinski definition) is 4. The van der Waals surface area contributed by atoms with Crippen LogP contribution in [-0.2, 0) is 14.3 Å². The van der Waals surface area contributed by atoms with E-state index in [1.54, 1.807) is 0 Å². The fourth-order valence-electron chi connectivity index (χ4n) is 3.94. The largest absolute Gasteiger partial charge is 0.469 e. The molecule has 4 N–H and O–H groups in total. The Hall–Kier alpha value is -0.930. The van der Waals surface area contributed by atoms with Gasteiger partial charge in [0.2, 0.25) is 5.91 Å².